The zero-order valence-corrected chi connectivity index (χ0v) is 11.1. The molecule has 98 valence electrons. The summed E-state index contributed by atoms with van der Waals surface area (Å²) in [5, 5.41) is 7.41. The van der Waals surface area contributed by atoms with E-state index in [1.807, 2.05) is 40.3 Å². The first-order valence-corrected chi connectivity index (χ1v) is 6.09. The Balaban J connectivity index is 2.61. The Morgan fingerprint density at radius 3 is 2.41 bits per heavy atom. The normalized spacial score (nSPS) is 13.2. The molecular formula is C12H23N3O2. The van der Waals surface area contributed by atoms with Crippen LogP contribution in [0.2, 0.25) is 0 Å². The molecule has 0 saturated carbocycles. The van der Waals surface area contributed by atoms with Crippen LogP contribution in [-0.4, -0.2) is 42.4 Å². The second-order valence-electron chi connectivity index (χ2n) is 3.90. The molecule has 0 radical (unpaired) electrons. The second kappa shape index (κ2) is 7.42. The molecule has 17 heavy (non-hydrogen) atoms. The Morgan fingerprint density at radius 2 is 2.00 bits per heavy atom. The van der Waals surface area contributed by atoms with Gasteiger partial charge < -0.3 is 14.8 Å². The molecule has 5 nitrogen and oxygen atoms in total. The summed E-state index contributed by atoms with van der Waals surface area (Å²) < 4.78 is 13.0. The van der Waals surface area contributed by atoms with Gasteiger partial charge in [0.15, 0.2) is 6.29 Å². The van der Waals surface area contributed by atoms with Crippen molar-refractivity contribution in [2.24, 2.45) is 7.05 Å². The Labute approximate surface area is 103 Å². The van der Waals surface area contributed by atoms with E-state index in [-0.39, 0.29) is 12.3 Å². The molecule has 1 rings (SSSR count). The average molecular weight is 241 g/mol. The van der Waals surface area contributed by atoms with Crippen LogP contribution >= 0.6 is 0 Å². The van der Waals surface area contributed by atoms with Gasteiger partial charge in [0.05, 0.1) is 12.2 Å². The van der Waals surface area contributed by atoms with Gasteiger partial charge in [-0.2, -0.15) is 5.10 Å². The van der Waals surface area contributed by atoms with Gasteiger partial charge in [-0.3, -0.25) is 4.68 Å². The third-order valence-electron chi connectivity index (χ3n) is 2.58. The molecule has 1 unspecified atom stereocenters. The standard InChI is InChI=1S/C12H23N3O2/c1-5-16-12(17-6-2)11(13-3)7-10-8-14-15(4)9-10/h8-9,11-13H,5-7H2,1-4H3. The lowest BCUT2D eigenvalue weighted by Gasteiger charge is -2.26. The van der Waals surface area contributed by atoms with E-state index in [0.717, 1.165) is 6.42 Å². The van der Waals surface area contributed by atoms with Crippen LogP contribution in [-0.2, 0) is 22.9 Å². The van der Waals surface area contributed by atoms with Gasteiger partial charge in [0.2, 0.25) is 0 Å². The predicted molar refractivity (Wildman–Crippen MR) is 66.8 cm³/mol. The average Bonchev–Trinajstić information content (AvgIpc) is 2.72. The summed E-state index contributed by atoms with van der Waals surface area (Å²) in [7, 11) is 3.84. The summed E-state index contributed by atoms with van der Waals surface area (Å²) in [6.45, 7) is 5.25. The maximum Gasteiger partial charge on any atom is 0.172 e. The molecule has 1 atom stereocenters. The number of hydrogen-bond donors (Lipinski definition) is 1. The summed E-state index contributed by atoms with van der Waals surface area (Å²) in [5.74, 6) is 0. The van der Waals surface area contributed by atoms with Crippen LogP contribution < -0.4 is 5.32 Å². The molecular weight excluding hydrogens is 218 g/mol. The number of aromatic nitrogens is 2. The molecule has 0 amide bonds. The summed E-state index contributed by atoms with van der Waals surface area (Å²) >= 11 is 0. The van der Waals surface area contributed by atoms with Gasteiger partial charge in [-0.15, -0.1) is 0 Å². The van der Waals surface area contributed by atoms with Crippen LogP contribution in [0.25, 0.3) is 0 Å². The fourth-order valence-corrected chi connectivity index (χ4v) is 1.77. The van der Waals surface area contributed by atoms with Crippen LogP contribution in [0, 0.1) is 0 Å². The highest BCUT2D eigenvalue weighted by Crippen LogP contribution is 2.09. The van der Waals surface area contributed by atoms with E-state index in [0.29, 0.717) is 13.2 Å². The number of ether oxygens (including phenoxy) is 2. The number of rotatable bonds is 8. The molecule has 5 heteroatoms. The van der Waals surface area contributed by atoms with E-state index in [1.165, 1.54) is 5.56 Å². The topological polar surface area (TPSA) is 48.3 Å². The van der Waals surface area contributed by atoms with Gasteiger partial charge in [0.1, 0.15) is 0 Å². The van der Waals surface area contributed by atoms with E-state index in [2.05, 4.69) is 10.4 Å². The molecule has 1 aromatic rings. The van der Waals surface area contributed by atoms with Crippen molar-refractivity contribution in [3.8, 4) is 0 Å². The molecule has 0 bridgehead atoms. The Kier molecular flexibility index (Phi) is 6.18. The van der Waals surface area contributed by atoms with E-state index < -0.39 is 0 Å². The Morgan fingerprint density at radius 1 is 1.35 bits per heavy atom. The number of nitrogens with zero attached hydrogens (tertiary/aromatic N) is 2. The minimum atomic E-state index is -0.213. The van der Waals surface area contributed by atoms with Crippen molar-refractivity contribution < 1.29 is 9.47 Å². The molecule has 1 aromatic heterocycles. The minimum absolute atomic E-state index is 0.138. The molecule has 1 heterocycles. The van der Waals surface area contributed by atoms with Crippen LogP contribution in [0.4, 0.5) is 0 Å². The molecule has 0 aromatic carbocycles. The van der Waals surface area contributed by atoms with Crippen molar-refractivity contribution in [1.82, 2.24) is 15.1 Å². The lowest BCUT2D eigenvalue weighted by molar-refractivity contribution is -0.152. The zero-order valence-electron chi connectivity index (χ0n) is 11.1. The van der Waals surface area contributed by atoms with E-state index in [1.54, 1.807) is 4.68 Å². The second-order valence-corrected chi connectivity index (χ2v) is 3.90. The van der Waals surface area contributed by atoms with Crippen molar-refractivity contribution in [1.29, 1.82) is 0 Å². The lowest BCUT2D eigenvalue weighted by atomic mass is 10.1. The molecule has 1 N–H and O–H groups in total. The van der Waals surface area contributed by atoms with Gasteiger partial charge in [0.25, 0.3) is 0 Å². The van der Waals surface area contributed by atoms with Crippen molar-refractivity contribution in [2.75, 3.05) is 20.3 Å². The predicted octanol–water partition coefficient (Wildman–Crippen LogP) is 0.950. The first kappa shape index (κ1) is 14.2. The highest BCUT2D eigenvalue weighted by atomic mass is 16.7. The maximum atomic E-state index is 5.60. The van der Waals surface area contributed by atoms with Crippen LogP contribution in [0.3, 0.4) is 0 Å². The molecule has 0 fully saturated rings. The quantitative estimate of drug-likeness (QED) is 0.688. The van der Waals surface area contributed by atoms with Gasteiger partial charge in [0, 0.05) is 26.5 Å². The van der Waals surface area contributed by atoms with Crippen molar-refractivity contribution >= 4 is 0 Å². The fourth-order valence-electron chi connectivity index (χ4n) is 1.77. The van der Waals surface area contributed by atoms with E-state index in [9.17, 15) is 0 Å². The lowest BCUT2D eigenvalue weighted by Crippen LogP contribution is -2.42. The van der Waals surface area contributed by atoms with Crippen LogP contribution in [0.15, 0.2) is 12.4 Å². The van der Waals surface area contributed by atoms with Gasteiger partial charge >= 0.3 is 0 Å². The van der Waals surface area contributed by atoms with Crippen molar-refractivity contribution in [3.63, 3.8) is 0 Å². The van der Waals surface area contributed by atoms with Gasteiger partial charge in [-0.25, -0.2) is 0 Å². The SMILES string of the molecule is CCOC(OCC)C(Cc1cnn(C)c1)NC. The highest BCUT2D eigenvalue weighted by Gasteiger charge is 2.21. The summed E-state index contributed by atoms with van der Waals surface area (Å²) in [4.78, 5) is 0. The zero-order chi connectivity index (χ0) is 12.7. The van der Waals surface area contributed by atoms with Crippen molar-refractivity contribution in [3.05, 3.63) is 18.0 Å². The highest BCUT2D eigenvalue weighted by molar-refractivity contribution is 5.06. The maximum absolute atomic E-state index is 5.60. The molecule has 0 aliphatic rings. The molecule has 0 aliphatic heterocycles. The smallest absolute Gasteiger partial charge is 0.172 e. The first-order chi connectivity index (χ1) is 8.21. The van der Waals surface area contributed by atoms with Crippen molar-refractivity contribution in [2.45, 2.75) is 32.6 Å². The monoisotopic (exact) mass is 241 g/mol. The summed E-state index contributed by atoms with van der Waals surface area (Å²) in [6.07, 6.45) is 4.52. The van der Waals surface area contributed by atoms with Gasteiger partial charge in [-0.1, -0.05) is 0 Å². The summed E-state index contributed by atoms with van der Waals surface area (Å²) in [6, 6.07) is 0.138. The van der Waals surface area contributed by atoms with Crippen LogP contribution in [0.5, 0.6) is 0 Å². The minimum Gasteiger partial charge on any atom is -0.351 e. The van der Waals surface area contributed by atoms with E-state index >= 15 is 0 Å². The number of likely N-dealkylation sites (N-methyl/N-ethyl adjacent to an activating group) is 1. The number of hydrogen-bond acceptors (Lipinski definition) is 4. The molecule has 0 aliphatic carbocycles. The number of nitrogens with one attached hydrogen (secondary N) is 1. The molecule has 0 spiro atoms. The summed E-state index contributed by atoms with van der Waals surface area (Å²) in [5.41, 5.74) is 1.18. The Hall–Kier alpha value is -0.910. The fraction of sp³-hybridized carbons (Fsp3) is 0.750. The first-order valence-electron chi connectivity index (χ1n) is 6.09. The third kappa shape index (κ3) is 4.46. The van der Waals surface area contributed by atoms with Crippen LogP contribution in [0.1, 0.15) is 19.4 Å². The molecule has 0 saturated heterocycles. The largest absolute Gasteiger partial charge is 0.351 e. The number of aryl methyl sites for hydroxylation is 1. The van der Waals surface area contributed by atoms with Gasteiger partial charge in [-0.05, 0) is 32.9 Å². The van der Waals surface area contributed by atoms with E-state index in [4.69, 9.17) is 9.47 Å². The Bertz CT molecular complexity index is 308. The third-order valence-corrected chi connectivity index (χ3v) is 2.58.